The second-order valence-corrected chi connectivity index (χ2v) is 3.12. The van der Waals surface area contributed by atoms with Crippen LogP contribution >= 0.6 is 0 Å². The molecule has 7 heteroatoms. The molecule has 0 bridgehead atoms. The number of carbonyl (C=O) groups excluding carboxylic acids is 2. The molecule has 88 valence electrons. The number of nitrogens with two attached hydrogens (primary N) is 1. The maximum Gasteiger partial charge on any atom is 0.491 e. The summed E-state index contributed by atoms with van der Waals surface area (Å²) in [5, 5.41) is 0. The number of hydrogen-bond acceptors (Lipinski definition) is 4. The quantitative estimate of drug-likeness (QED) is 0.576. The summed E-state index contributed by atoms with van der Waals surface area (Å²) in [5.74, 6) is -4.24. The van der Waals surface area contributed by atoms with E-state index in [-0.39, 0.29) is 5.92 Å². The van der Waals surface area contributed by atoms with Crippen LogP contribution in [0.1, 0.15) is 20.3 Å². The molecule has 0 spiro atoms. The van der Waals surface area contributed by atoms with Gasteiger partial charge in [-0.25, -0.2) is 9.59 Å². The topological polar surface area (TPSA) is 69.4 Å². The second kappa shape index (κ2) is 5.11. The van der Waals surface area contributed by atoms with E-state index in [1.54, 1.807) is 13.8 Å². The van der Waals surface area contributed by atoms with Gasteiger partial charge in [-0.15, -0.1) is 0 Å². The van der Waals surface area contributed by atoms with Crippen molar-refractivity contribution in [1.29, 1.82) is 0 Å². The molecule has 4 nitrogen and oxygen atoms in total. The van der Waals surface area contributed by atoms with E-state index < -0.39 is 24.2 Å². The van der Waals surface area contributed by atoms with Crippen molar-refractivity contribution in [2.75, 3.05) is 0 Å². The van der Waals surface area contributed by atoms with Crippen LogP contribution in [0.2, 0.25) is 0 Å². The maximum atomic E-state index is 11.7. The van der Waals surface area contributed by atoms with E-state index in [1.165, 1.54) is 0 Å². The zero-order valence-electron chi connectivity index (χ0n) is 8.30. The van der Waals surface area contributed by atoms with Crippen molar-refractivity contribution in [3.63, 3.8) is 0 Å². The first-order chi connectivity index (χ1) is 6.70. The molecule has 2 atom stereocenters. The van der Waals surface area contributed by atoms with Crippen molar-refractivity contribution in [2.45, 2.75) is 32.5 Å². The van der Waals surface area contributed by atoms with E-state index in [9.17, 15) is 22.8 Å². The molecule has 0 aromatic heterocycles. The van der Waals surface area contributed by atoms with Crippen LogP contribution in [0.3, 0.4) is 0 Å². The normalized spacial score (nSPS) is 15.6. The Morgan fingerprint density at radius 3 is 2.20 bits per heavy atom. The third-order valence-corrected chi connectivity index (χ3v) is 1.95. The predicted molar refractivity (Wildman–Crippen MR) is 44.6 cm³/mol. The summed E-state index contributed by atoms with van der Waals surface area (Å²) < 4.78 is 38.6. The van der Waals surface area contributed by atoms with Crippen molar-refractivity contribution < 1.29 is 27.5 Å². The van der Waals surface area contributed by atoms with Crippen LogP contribution in [0.25, 0.3) is 0 Å². The van der Waals surface area contributed by atoms with Gasteiger partial charge in [-0.1, -0.05) is 20.3 Å². The standard InChI is InChI=1S/C8H12F3NO3/c1-3-4(2)5(12)6(13)15-7(14)8(9,10)11/h4-5H,3,12H2,1-2H3/t4?,5-/m0/s1. The number of hydrogen-bond donors (Lipinski definition) is 1. The minimum atomic E-state index is -5.18. The molecule has 0 aromatic rings. The highest BCUT2D eigenvalue weighted by molar-refractivity contribution is 5.90. The number of esters is 2. The van der Waals surface area contributed by atoms with Crippen molar-refractivity contribution >= 4 is 11.9 Å². The van der Waals surface area contributed by atoms with Gasteiger partial charge in [0.15, 0.2) is 0 Å². The fraction of sp³-hybridized carbons (Fsp3) is 0.750. The van der Waals surface area contributed by atoms with Crippen molar-refractivity contribution in [3.05, 3.63) is 0 Å². The third-order valence-electron chi connectivity index (χ3n) is 1.95. The average molecular weight is 227 g/mol. The number of alkyl halides is 3. The highest BCUT2D eigenvalue weighted by atomic mass is 19.4. The van der Waals surface area contributed by atoms with Crippen LogP contribution in [0.5, 0.6) is 0 Å². The molecule has 0 aromatic carbocycles. The molecule has 0 saturated heterocycles. The molecule has 0 amide bonds. The van der Waals surface area contributed by atoms with Gasteiger partial charge in [-0.3, -0.25) is 0 Å². The van der Waals surface area contributed by atoms with Crippen molar-refractivity contribution in [2.24, 2.45) is 11.7 Å². The summed E-state index contributed by atoms with van der Waals surface area (Å²) in [5.41, 5.74) is 5.27. The Bertz CT molecular complexity index is 252. The van der Waals surface area contributed by atoms with Gasteiger partial charge >= 0.3 is 18.1 Å². The summed E-state index contributed by atoms with van der Waals surface area (Å²) >= 11 is 0. The largest absolute Gasteiger partial charge is 0.491 e. The first-order valence-corrected chi connectivity index (χ1v) is 4.28. The first kappa shape index (κ1) is 13.9. The van der Waals surface area contributed by atoms with Gasteiger partial charge in [0.2, 0.25) is 0 Å². The lowest BCUT2D eigenvalue weighted by atomic mass is 10.0. The predicted octanol–water partition coefficient (Wildman–Crippen LogP) is 0.992. The van der Waals surface area contributed by atoms with Crippen LogP contribution in [0, 0.1) is 5.92 Å². The molecule has 0 heterocycles. The molecule has 0 radical (unpaired) electrons. The molecular weight excluding hydrogens is 215 g/mol. The Morgan fingerprint density at radius 2 is 1.87 bits per heavy atom. The highest BCUT2D eigenvalue weighted by Gasteiger charge is 2.43. The Balaban J connectivity index is 4.32. The maximum absolute atomic E-state index is 11.7. The van der Waals surface area contributed by atoms with E-state index in [0.717, 1.165) is 0 Å². The Morgan fingerprint density at radius 1 is 1.40 bits per heavy atom. The molecule has 0 saturated carbocycles. The minimum absolute atomic E-state index is 0.349. The van der Waals surface area contributed by atoms with Gasteiger partial charge in [0.1, 0.15) is 6.04 Å². The SMILES string of the molecule is CCC(C)[C@H](N)C(=O)OC(=O)C(F)(F)F. The summed E-state index contributed by atoms with van der Waals surface area (Å²) in [4.78, 5) is 21.2. The smallest absolute Gasteiger partial charge is 0.385 e. The molecule has 2 N–H and O–H groups in total. The van der Waals surface area contributed by atoms with Crippen LogP contribution < -0.4 is 5.73 Å². The Kier molecular flexibility index (Phi) is 4.73. The molecule has 0 rings (SSSR count). The first-order valence-electron chi connectivity index (χ1n) is 4.28. The Hall–Kier alpha value is -1.11. The molecule has 15 heavy (non-hydrogen) atoms. The van der Waals surface area contributed by atoms with E-state index in [2.05, 4.69) is 4.74 Å². The van der Waals surface area contributed by atoms with Crippen LogP contribution in [0.15, 0.2) is 0 Å². The molecular formula is C8H12F3NO3. The van der Waals surface area contributed by atoms with Gasteiger partial charge in [0.25, 0.3) is 0 Å². The minimum Gasteiger partial charge on any atom is -0.385 e. The molecule has 0 aliphatic rings. The fourth-order valence-electron chi connectivity index (χ4n) is 0.704. The van der Waals surface area contributed by atoms with Crippen LogP contribution in [-0.4, -0.2) is 24.2 Å². The van der Waals surface area contributed by atoms with Crippen molar-refractivity contribution in [1.82, 2.24) is 0 Å². The average Bonchev–Trinajstić information content (AvgIpc) is 2.13. The zero-order chi connectivity index (χ0) is 12.2. The van der Waals surface area contributed by atoms with E-state index in [0.29, 0.717) is 6.42 Å². The number of ether oxygens (including phenoxy) is 1. The molecule has 0 aliphatic carbocycles. The van der Waals surface area contributed by atoms with Gasteiger partial charge in [0, 0.05) is 0 Å². The number of carbonyl (C=O) groups is 2. The lowest BCUT2D eigenvalue weighted by Gasteiger charge is -2.16. The summed E-state index contributed by atoms with van der Waals surface area (Å²) in [7, 11) is 0. The van der Waals surface area contributed by atoms with Gasteiger partial charge in [-0.05, 0) is 5.92 Å². The Labute approximate surface area is 84.6 Å². The summed E-state index contributed by atoms with van der Waals surface area (Å²) in [6, 6.07) is -1.22. The zero-order valence-corrected chi connectivity index (χ0v) is 8.30. The van der Waals surface area contributed by atoms with E-state index in [4.69, 9.17) is 5.73 Å². The summed E-state index contributed by atoms with van der Waals surface area (Å²) in [6.45, 7) is 3.29. The van der Waals surface area contributed by atoms with Crippen LogP contribution in [-0.2, 0) is 14.3 Å². The molecule has 1 unspecified atom stereocenters. The van der Waals surface area contributed by atoms with E-state index >= 15 is 0 Å². The molecule has 0 aliphatic heterocycles. The lowest BCUT2D eigenvalue weighted by molar-refractivity contribution is -0.202. The van der Waals surface area contributed by atoms with E-state index in [1.807, 2.05) is 0 Å². The number of rotatable bonds is 3. The summed E-state index contributed by atoms with van der Waals surface area (Å²) in [6.07, 6.45) is -4.68. The van der Waals surface area contributed by atoms with Gasteiger partial charge in [0.05, 0.1) is 0 Å². The van der Waals surface area contributed by atoms with Gasteiger partial charge in [-0.2, -0.15) is 13.2 Å². The third kappa shape index (κ3) is 4.28. The fourth-order valence-corrected chi connectivity index (χ4v) is 0.704. The molecule has 0 fully saturated rings. The van der Waals surface area contributed by atoms with Crippen LogP contribution in [0.4, 0.5) is 13.2 Å². The van der Waals surface area contributed by atoms with Crippen molar-refractivity contribution in [3.8, 4) is 0 Å². The number of halogens is 3. The lowest BCUT2D eigenvalue weighted by Crippen LogP contribution is -2.41. The van der Waals surface area contributed by atoms with Gasteiger partial charge < -0.3 is 10.5 Å². The second-order valence-electron chi connectivity index (χ2n) is 3.12. The monoisotopic (exact) mass is 227 g/mol. The highest BCUT2D eigenvalue weighted by Crippen LogP contribution is 2.17.